The van der Waals surface area contributed by atoms with Crippen molar-refractivity contribution in [2.45, 2.75) is 51.4 Å². The van der Waals surface area contributed by atoms with E-state index in [9.17, 15) is 0 Å². The number of para-hydroxylation sites is 1. The zero-order chi connectivity index (χ0) is 17.4. The molecular weight excluding hydrogens is 308 g/mol. The third kappa shape index (κ3) is 9.42. The zero-order valence-electron chi connectivity index (χ0n) is 15.5. The van der Waals surface area contributed by atoms with Crippen molar-refractivity contribution in [1.82, 2.24) is 10.6 Å². The molecule has 1 aromatic carbocycles. The lowest BCUT2D eigenvalue weighted by Crippen LogP contribution is -2.12. The van der Waals surface area contributed by atoms with E-state index in [-0.39, 0.29) is 0 Å². The fourth-order valence-electron chi connectivity index (χ4n) is 3.00. The summed E-state index contributed by atoms with van der Waals surface area (Å²) in [5.41, 5.74) is 5.16. The molecule has 1 aromatic rings. The summed E-state index contributed by atoms with van der Waals surface area (Å²) in [6.45, 7) is 5.00. The maximum Gasteiger partial charge on any atom is 0.0634 e. The van der Waals surface area contributed by atoms with Crippen molar-refractivity contribution in [3.05, 3.63) is 35.9 Å². The Morgan fingerprint density at radius 2 is 1.24 bits per heavy atom. The summed E-state index contributed by atoms with van der Waals surface area (Å²) >= 11 is 0. The number of rotatable bonds is 0. The number of fused-ring (bicyclic) bond motifs is 1. The van der Waals surface area contributed by atoms with Gasteiger partial charge in [-0.25, -0.2) is 0 Å². The molecule has 3 aliphatic rings. The number of hydrogen-bond acceptors (Lipinski definition) is 4. The van der Waals surface area contributed by atoms with E-state index in [1.165, 1.54) is 83.1 Å². The summed E-state index contributed by atoms with van der Waals surface area (Å²) in [6.07, 6.45) is 17.0. The van der Waals surface area contributed by atoms with Gasteiger partial charge in [-0.3, -0.25) is 5.43 Å². The van der Waals surface area contributed by atoms with Gasteiger partial charge >= 0.3 is 0 Å². The predicted molar refractivity (Wildman–Crippen MR) is 110 cm³/mol. The van der Waals surface area contributed by atoms with Crippen molar-refractivity contribution >= 4 is 18.0 Å². The zero-order valence-corrected chi connectivity index (χ0v) is 15.5. The van der Waals surface area contributed by atoms with Crippen LogP contribution >= 0.6 is 0 Å². The normalized spacial score (nSPS) is 19.4. The highest BCUT2D eigenvalue weighted by Crippen LogP contribution is 2.17. The van der Waals surface area contributed by atoms with Gasteiger partial charge in [-0.05, 0) is 69.6 Å². The van der Waals surface area contributed by atoms with E-state index in [2.05, 4.69) is 21.2 Å². The lowest BCUT2D eigenvalue weighted by molar-refractivity contribution is 0.702. The fraction of sp³-hybridized carbons (Fsp3) is 0.571. The Hall–Kier alpha value is -1.65. The Balaban J connectivity index is 0.000000142. The maximum atomic E-state index is 3.95. The van der Waals surface area contributed by atoms with Crippen LogP contribution in [0.1, 0.15) is 56.9 Å². The van der Waals surface area contributed by atoms with Crippen LogP contribution in [-0.2, 0) is 0 Å². The Bertz CT molecular complexity index is 457. The Morgan fingerprint density at radius 3 is 1.84 bits per heavy atom. The number of anilines is 1. The first kappa shape index (κ1) is 19.7. The first-order chi connectivity index (χ1) is 12.5. The van der Waals surface area contributed by atoms with Crippen LogP contribution in [0, 0.1) is 0 Å². The summed E-state index contributed by atoms with van der Waals surface area (Å²) in [5.74, 6) is 0. The molecule has 4 heteroatoms. The Labute approximate surface area is 153 Å². The predicted octanol–water partition coefficient (Wildman–Crippen LogP) is 4.41. The van der Waals surface area contributed by atoms with Crippen molar-refractivity contribution < 1.29 is 0 Å². The largest absolute Gasteiger partial charge is 0.317 e. The molecule has 4 rings (SSSR count). The molecule has 0 spiro atoms. The molecule has 25 heavy (non-hydrogen) atoms. The van der Waals surface area contributed by atoms with E-state index >= 15 is 0 Å². The number of allylic oxidation sites excluding steroid dienone is 1. The van der Waals surface area contributed by atoms with Crippen LogP contribution in [0.25, 0.3) is 6.08 Å². The standard InChI is InChI=1S/C9H8N2.2C6H13N/c1-2-6-9-8(4-1)5-3-7-10-11-9;2*1-2-4-6-7-5-3-1/h1-7,11H;2*7H,1-6H2. The number of benzene rings is 1. The van der Waals surface area contributed by atoms with Crippen molar-refractivity contribution in [3.63, 3.8) is 0 Å². The summed E-state index contributed by atoms with van der Waals surface area (Å²) in [5, 5.41) is 10.6. The summed E-state index contributed by atoms with van der Waals surface area (Å²) in [4.78, 5) is 0. The Kier molecular flexibility index (Phi) is 10.7. The van der Waals surface area contributed by atoms with Crippen LogP contribution in [0.15, 0.2) is 35.4 Å². The smallest absolute Gasteiger partial charge is 0.0634 e. The fourth-order valence-corrected chi connectivity index (χ4v) is 3.00. The van der Waals surface area contributed by atoms with E-state index in [4.69, 9.17) is 0 Å². The first-order valence-electron chi connectivity index (χ1n) is 9.93. The molecule has 2 saturated heterocycles. The summed E-state index contributed by atoms with van der Waals surface area (Å²) in [6, 6.07) is 8.05. The quantitative estimate of drug-likeness (QED) is 0.654. The van der Waals surface area contributed by atoms with E-state index in [0.717, 1.165) is 5.69 Å². The van der Waals surface area contributed by atoms with Crippen LogP contribution in [0.4, 0.5) is 5.69 Å². The number of hydrogen-bond donors (Lipinski definition) is 3. The monoisotopic (exact) mass is 342 g/mol. The molecule has 3 N–H and O–H groups in total. The molecule has 0 aromatic heterocycles. The van der Waals surface area contributed by atoms with Crippen LogP contribution in [0.2, 0.25) is 0 Å². The minimum Gasteiger partial charge on any atom is -0.317 e. The molecule has 3 aliphatic heterocycles. The molecular formula is C21H34N4. The second kappa shape index (κ2) is 13.6. The van der Waals surface area contributed by atoms with Gasteiger partial charge in [-0.1, -0.05) is 50.0 Å². The minimum atomic E-state index is 1.05. The second-order valence-corrected chi connectivity index (χ2v) is 6.66. The van der Waals surface area contributed by atoms with E-state index in [0.29, 0.717) is 0 Å². The molecule has 0 amide bonds. The van der Waals surface area contributed by atoms with E-state index in [1.54, 1.807) is 6.21 Å². The molecule has 3 heterocycles. The highest BCUT2D eigenvalue weighted by molar-refractivity contribution is 5.83. The molecule has 0 atom stereocenters. The molecule has 138 valence electrons. The molecule has 0 saturated carbocycles. The number of nitrogens with one attached hydrogen (secondary N) is 3. The van der Waals surface area contributed by atoms with Gasteiger partial charge in [0.25, 0.3) is 0 Å². The molecule has 2 fully saturated rings. The molecule has 4 nitrogen and oxygen atoms in total. The molecule has 0 unspecified atom stereocenters. The van der Waals surface area contributed by atoms with Crippen LogP contribution in [-0.4, -0.2) is 32.4 Å². The summed E-state index contributed by atoms with van der Waals surface area (Å²) in [7, 11) is 0. The van der Waals surface area contributed by atoms with Gasteiger partial charge in [0.15, 0.2) is 0 Å². The topological polar surface area (TPSA) is 48.5 Å². The lowest BCUT2D eigenvalue weighted by atomic mass is 10.2. The van der Waals surface area contributed by atoms with Gasteiger partial charge < -0.3 is 10.6 Å². The van der Waals surface area contributed by atoms with Gasteiger partial charge in [0.05, 0.1) is 5.69 Å². The molecule has 0 aliphatic carbocycles. The highest BCUT2D eigenvalue weighted by Gasteiger charge is 1.97. The SMILES string of the molecule is C1=Cc2ccccc2NN=C1.C1CCCNCC1.C1CCCNCC1. The van der Waals surface area contributed by atoms with Gasteiger partial charge in [-0.15, -0.1) is 0 Å². The minimum absolute atomic E-state index is 1.05. The van der Waals surface area contributed by atoms with Crippen molar-refractivity contribution in [3.8, 4) is 0 Å². The van der Waals surface area contributed by atoms with Crippen LogP contribution in [0.3, 0.4) is 0 Å². The average molecular weight is 343 g/mol. The van der Waals surface area contributed by atoms with Gasteiger partial charge in [0, 0.05) is 6.21 Å². The van der Waals surface area contributed by atoms with Crippen LogP contribution in [0.5, 0.6) is 0 Å². The second-order valence-electron chi connectivity index (χ2n) is 6.66. The van der Waals surface area contributed by atoms with Crippen molar-refractivity contribution in [1.29, 1.82) is 0 Å². The first-order valence-corrected chi connectivity index (χ1v) is 9.93. The number of hydrazone groups is 1. The van der Waals surface area contributed by atoms with E-state index in [1.807, 2.05) is 36.4 Å². The maximum absolute atomic E-state index is 3.95. The Morgan fingerprint density at radius 1 is 0.680 bits per heavy atom. The van der Waals surface area contributed by atoms with Gasteiger partial charge in [0.2, 0.25) is 0 Å². The lowest BCUT2D eigenvalue weighted by Gasteiger charge is -2.00. The van der Waals surface area contributed by atoms with E-state index < -0.39 is 0 Å². The number of nitrogens with zero attached hydrogens (tertiary/aromatic N) is 1. The third-order valence-corrected chi connectivity index (χ3v) is 4.50. The average Bonchev–Trinajstić information content (AvgIpc) is 3.20. The van der Waals surface area contributed by atoms with Gasteiger partial charge in [-0.2, -0.15) is 5.10 Å². The molecule has 0 radical (unpaired) electrons. The highest BCUT2D eigenvalue weighted by atomic mass is 15.3. The van der Waals surface area contributed by atoms with Crippen LogP contribution < -0.4 is 16.1 Å². The molecule has 0 bridgehead atoms. The summed E-state index contributed by atoms with van der Waals surface area (Å²) < 4.78 is 0. The third-order valence-electron chi connectivity index (χ3n) is 4.50. The van der Waals surface area contributed by atoms with Crippen molar-refractivity contribution in [2.24, 2.45) is 5.10 Å². The van der Waals surface area contributed by atoms with Gasteiger partial charge in [0.1, 0.15) is 0 Å². The van der Waals surface area contributed by atoms with Crippen molar-refractivity contribution in [2.75, 3.05) is 31.6 Å².